The molecule has 182 valence electrons. The minimum atomic E-state index is -1.66. The van der Waals surface area contributed by atoms with Crippen LogP contribution in [0.3, 0.4) is 0 Å². The topological polar surface area (TPSA) is 199 Å². The van der Waals surface area contributed by atoms with Gasteiger partial charge in [0.25, 0.3) is 0 Å². The van der Waals surface area contributed by atoms with Gasteiger partial charge in [-0.3, -0.25) is 0 Å². The molecule has 12 heteroatoms. The standard InChI is InChI=1S/C20H30O12/c1-8-13(24)15(26)16(27)20(30-8)32-18-14(25)12(7-21)31-19(17(18)28)29-5-4-9-2-3-10(22)11(23)6-9/h2-3,6,8,12-28H,4-5,7H2,1H3/t8-,12+,13-,14+,15+,16+,17+,18-,19+,20-/m0/s1. The highest BCUT2D eigenvalue weighted by molar-refractivity contribution is 5.40. The van der Waals surface area contributed by atoms with Crippen LogP contribution < -0.4 is 0 Å². The van der Waals surface area contributed by atoms with Gasteiger partial charge in [0.15, 0.2) is 24.1 Å². The van der Waals surface area contributed by atoms with Crippen molar-refractivity contribution in [3.63, 3.8) is 0 Å². The van der Waals surface area contributed by atoms with Gasteiger partial charge in [0.05, 0.1) is 19.3 Å². The normalized spacial score (nSPS) is 40.3. The van der Waals surface area contributed by atoms with E-state index in [-0.39, 0.29) is 24.5 Å². The van der Waals surface area contributed by atoms with Gasteiger partial charge in [-0.2, -0.15) is 0 Å². The Morgan fingerprint density at radius 1 is 0.844 bits per heavy atom. The Bertz CT molecular complexity index is 747. The van der Waals surface area contributed by atoms with Crippen LogP contribution >= 0.6 is 0 Å². The molecule has 2 fully saturated rings. The first-order chi connectivity index (χ1) is 15.1. The molecule has 1 aromatic rings. The molecule has 12 nitrogen and oxygen atoms in total. The first-order valence-electron chi connectivity index (χ1n) is 10.2. The highest BCUT2D eigenvalue weighted by Gasteiger charge is 2.50. The zero-order chi connectivity index (χ0) is 23.6. The third-order valence-corrected chi connectivity index (χ3v) is 5.63. The van der Waals surface area contributed by atoms with E-state index in [0.717, 1.165) is 0 Å². The zero-order valence-electron chi connectivity index (χ0n) is 17.3. The summed E-state index contributed by atoms with van der Waals surface area (Å²) in [5, 5.41) is 79.5. The second kappa shape index (κ2) is 10.6. The minimum absolute atomic E-state index is 0.0113. The number of hydrogen-bond acceptors (Lipinski definition) is 12. The van der Waals surface area contributed by atoms with Crippen LogP contribution in [0.25, 0.3) is 0 Å². The Kier molecular flexibility index (Phi) is 8.27. The van der Waals surface area contributed by atoms with E-state index in [0.29, 0.717) is 5.56 Å². The van der Waals surface area contributed by atoms with Gasteiger partial charge in [-0.05, 0) is 31.0 Å². The smallest absolute Gasteiger partial charge is 0.187 e. The van der Waals surface area contributed by atoms with E-state index in [9.17, 15) is 40.9 Å². The maximum absolute atomic E-state index is 10.7. The number of aliphatic hydroxyl groups excluding tert-OH is 6. The highest BCUT2D eigenvalue weighted by atomic mass is 16.7. The van der Waals surface area contributed by atoms with Gasteiger partial charge in [-0.25, -0.2) is 0 Å². The Balaban J connectivity index is 1.64. The molecule has 0 spiro atoms. The first-order valence-corrected chi connectivity index (χ1v) is 10.2. The molecule has 3 rings (SSSR count). The molecule has 0 aliphatic carbocycles. The summed E-state index contributed by atoms with van der Waals surface area (Å²) in [4.78, 5) is 0. The fourth-order valence-electron chi connectivity index (χ4n) is 3.65. The van der Waals surface area contributed by atoms with Gasteiger partial charge in [0.1, 0.15) is 42.7 Å². The molecular formula is C20H30O12. The molecule has 0 radical (unpaired) electrons. The van der Waals surface area contributed by atoms with Gasteiger partial charge in [-0.1, -0.05) is 6.07 Å². The SMILES string of the molecule is C[C@@H]1O[C@@H](O[C@@H]2[C@@H](O)[C@H](OCCc3ccc(O)c(O)c3)O[C@H](CO)[C@H]2O)[C@H](O)[C@H](O)[C@H]1O. The molecule has 0 amide bonds. The van der Waals surface area contributed by atoms with E-state index in [1.54, 1.807) is 6.07 Å². The lowest BCUT2D eigenvalue weighted by Crippen LogP contribution is -2.64. The zero-order valence-corrected chi connectivity index (χ0v) is 17.3. The second-order valence-electron chi connectivity index (χ2n) is 7.93. The Labute approximate surface area is 183 Å². The van der Waals surface area contributed by atoms with E-state index in [4.69, 9.17) is 18.9 Å². The number of aliphatic hydroxyl groups is 6. The molecule has 32 heavy (non-hydrogen) atoms. The Morgan fingerprint density at radius 3 is 2.22 bits per heavy atom. The van der Waals surface area contributed by atoms with Crippen molar-refractivity contribution in [2.45, 2.75) is 74.8 Å². The number of hydrogen-bond donors (Lipinski definition) is 8. The number of rotatable bonds is 7. The summed E-state index contributed by atoms with van der Waals surface area (Å²) in [6.45, 7) is 0.846. The summed E-state index contributed by atoms with van der Waals surface area (Å²) >= 11 is 0. The largest absolute Gasteiger partial charge is 0.504 e. The van der Waals surface area contributed by atoms with Gasteiger partial charge >= 0.3 is 0 Å². The molecule has 10 atom stereocenters. The predicted molar refractivity (Wildman–Crippen MR) is 104 cm³/mol. The number of aromatic hydroxyl groups is 2. The summed E-state index contributed by atoms with van der Waals surface area (Å²) in [6.07, 6.45) is -13.7. The second-order valence-corrected chi connectivity index (χ2v) is 7.93. The summed E-state index contributed by atoms with van der Waals surface area (Å²) in [7, 11) is 0. The van der Waals surface area contributed by atoms with Crippen LogP contribution in [0.4, 0.5) is 0 Å². The van der Waals surface area contributed by atoms with Gasteiger partial charge < -0.3 is 59.8 Å². The molecule has 2 heterocycles. The van der Waals surface area contributed by atoms with E-state index < -0.39 is 68.0 Å². The summed E-state index contributed by atoms with van der Waals surface area (Å²) < 4.78 is 21.8. The quantitative estimate of drug-likeness (QED) is 0.196. The molecular weight excluding hydrogens is 432 g/mol. The van der Waals surface area contributed by atoms with E-state index >= 15 is 0 Å². The average molecular weight is 462 g/mol. The average Bonchev–Trinajstić information content (AvgIpc) is 2.77. The number of phenolic OH excluding ortho intramolecular Hbond substituents is 2. The summed E-state index contributed by atoms with van der Waals surface area (Å²) in [5.41, 5.74) is 0.636. The molecule has 1 aromatic carbocycles. The fraction of sp³-hybridized carbons (Fsp3) is 0.700. The van der Waals surface area contributed by atoms with Crippen molar-refractivity contribution < 1.29 is 59.8 Å². The van der Waals surface area contributed by atoms with Crippen LogP contribution in [-0.4, -0.2) is 115 Å². The predicted octanol–water partition coefficient (Wildman–Crippen LogP) is -2.69. The molecule has 2 saturated heterocycles. The number of ether oxygens (including phenoxy) is 4. The van der Waals surface area contributed by atoms with Gasteiger partial charge in [-0.15, -0.1) is 0 Å². The van der Waals surface area contributed by atoms with Crippen LogP contribution in [0.5, 0.6) is 11.5 Å². The van der Waals surface area contributed by atoms with Crippen LogP contribution in [-0.2, 0) is 25.4 Å². The molecule has 2 aliphatic rings. The van der Waals surface area contributed by atoms with Crippen LogP contribution in [0.1, 0.15) is 12.5 Å². The van der Waals surface area contributed by atoms with Crippen LogP contribution in [0.2, 0.25) is 0 Å². The fourth-order valence-corrected chi connectivity index (χ4v) is 3.65. The number of benzene rings is 1. The Morgan fingerprint density at radius 2 is 1.56 bits per heavy atom. The maximum Gasteiger partial charge on any atom is 0.187 e. The first kappa shape index (κ1) is 25.1. The van der Waals surface area contributed by atoms with Crippen molar-refractivity contribution in [3.05, 3.63) is 23.8 Å². The molecule has 0 unspecified atom stereocenters. The summed E-state index contributed by atoms with van der Waals surface area (Å²) in [5.74, 6) is -0.555. The van der Waals surface area contributed by atoms with Crippen molar-refractivity contribution in [1.29, 1.82) is 0 Å². The van der Waals surface area contributed by atoms with Crippen molar-refractivity contribution in [3.8, 4) is 11.5 Å². The highest BCUT2D eigenvalue weighted by Crippen LogP contribution is 2.30. The monoisotopic (exact) mass is 462 g/mol. The molecule has 8 N–H and O–H groups in total. The van der Waals surface area contributed by atoms with E-state index in [2.05, 4.69) is 0 Å². The third kappa shape index (κ3) is 5.31. The molecule has 0 aromatic heterocycles. The van der Waals surface area contributed by atoms with Crippen molar-refractivity contribution in [2.24, 2.45) is 0 Å². The van der Waals surface area contributed by atoms with E-state index in [1.807, 2.05) is 0 Å². The third-order valence-electron chi connectivity index (χ3n) is 5.63. The molecule has 0 bridgehead atoms. The van der Waals surface area contributed by atoms with Gasteiger partial charge in [0.2, 0.25) is 0 Å². The van der Waals surface area contributed by atoms with Crippen molar-refractivity contribution in [1.82, 2.24) is 0 Å². The van der Waals surface area contributed by atoms with Crippen molar-refractivity contribution in [2.75, 3.05) is 13.2 Å². The Hall–Kier alpha value is -1.58. The van der Waals surface area contributed by atoms with Gasteiger partial charge in [0, 0.05) is 0 Å². The maximum atomic E-state index is 10.7. The van der Waals surface area contributed by atoms with Crippen LogP contribution in [0, 0.1) is 0 Å². The lowest BCUT2D eigenvalue weighted by atomic mass is 9.97. The lowest BCUT2D eigenvalue weighted by molar-refractivity contribution is -0.357. The van der Waals surface area contributed by atoms with Crippen molar-refractivity contribution >= 4 is 0 Å². The minimum Gasteiger partial charge on any atom is -0.504 e. The molecule has 2 aliphatic heterocycles. The summed E-state index contributed by atoms with van der Waals surface area (Å²) in [6, 6.07) is 4.25. The number of phenols is 2. The van der Waals surface area contributed by atoms with E-state index in [1.165, 1.54) is 19.1 Å². The lowest BCUT2D eigenvalue weighted by Gasteiger charge is -2.45. The molecule has 0 saturated carbocycles. The van der Waals surface area contributed by atoms with Crippen LogP contribution in [0.15, 0.2) is 18.2 Å².